The maximum absolute atomic E-state index is 12.5. The van der Waals surface area contributed by atoms with Gasteiger partial charge in [-0.1, -0.05) is 36.4 Å². The highest BCUT2D eigenvalue weighted by Crippen LogP contribution is 2.28. The quantitative estimate of drug-likeness (QED) is 0.425. The fraction of sp³-hybridized carbons (Fsp3) is 0.0870. The Balaban J connectivity index is 1.64. The maximum atomic E-state index is 12.5. The Kier molecular flexibility index (Phi) is 5.17. The number of hydrogen-bond acceptors (Lipinski definition) is 4. The molecule has 0 fully saturated rings. The number of nitrogens with zero attached hydrogens (tertiary/aromatic N) is 2. The van der Waals surface area contributed by atoms with E-state index in [9.17, 15) is 14.7 Å². The average molecular weight is 400 g/mol. The van der Waals surface area contributed by atoms with E-state index in [1.165, 1.54) is 0 Å². The van der Waals surface area contributed by atoms with Crippen LogP contribution in [0.25, 0.3) is 11.0 Å². The number of aliphatic carboxylic acids is 1. The Bertz CT molecular complexity index is 1220. The Hall–Kier alpha value is -4.13. The topological polar surface area (TPSA) is 110 Å². The number of anilines is 2. The van der Waals surface area contributed by atoms with Gasteiger partial charge in [-0.2, -0.15) is 0 Å². The van der Waals surface area contributed by atoms with Gasteiger partial charge in [0.1, 0.15) is 0 Å². The van der Waals surface area contributed by atoms with Crippen molar-refractivity contribution in [1.29, 1.82) is 0 Å². The minimum Gasteiger partial charge on any atom is -0.481 e. The number of amides is 1. The van der Waals surface area contributed by atoms with E-state index in [0.29, 0.717) is 22.5 Å². The molecule has 0 saturated heterocycles. The summed E-state index contributed by atoms with van der Waals surface area (Å²) in [7, 11) is 0. The number of fused-ring (bicyclic) bond motifs is 1. The van der Waals surface area contributed by atoms with Crippen LogP contribution in [0, 0.1) is 0 Å². The second-order valence-corrected chi connectivity index (χ2v) is 6.96. The summed E-state index contributed by atoms with van der Waals surface area (Å²) in [5, 5.41) is 12.2. The van der Waals surface area contributed by atoms with Crippen molar-refractivity contribution in [1.82, 2.24) is 9.55 Å². The van der Waals surface area contributed by atoms with Gasteiger partial charge >= 0.3 is 5.97 Å². The van der Waals surface area contributed by atoms with Gasteiger partial charge in [0.05, 0.1) is 29.8 Å². The van der Waals surface area contributed by atoms with E-state index in [1.807, 2.05) is 41.0 Å². The number of carboxylic acid groups (broad SMARTS) is 1. The number of carbonyl (C=O) groups excluding carboxylic acids is 1. The number of aromatic nitrogens is 2. The molecule has 0 bridgehead atoms. The van der Waals surface area contributed by atoms with Gasteiger partial charge in [0.25, 0.3) is 5.91 Å². The van der Waals surface area contributed by atoms with Gasteiger partial charge in [-0.05, 0) is 42.0 Å². The molecule has 1 aromatic heterocycles. The molecule has 30 heavy (non-hydrogen) atoms. The number of carboxylic acids is 1. The van der Waals surface area contributed by atoms with Crippen LogP contribution in [0.1, 0.15) is 28.4 Å². The van der Waals surface area contributed by atoms with E-state index >= 15 is 0 Å². The molecule has 1 heterocycles. The molecule has 0 radical (unpaired) electrons. The van der Waals surface area contributed by atoms with Gasteiger partial charge in [-0.3, -0.25) is 9.59 Å². The summed E-state index contributed by atoms with van der Waals surface area (Å²) < 4.78 is 1.85. The lowest BCUT2D eigenvalue weighted by atomic mass is 10.0. The molecule has 0 aliphatic carbocycles. The third kappa shape index (κ3) is 4.00. The summed E-state index contributed by atoms with van der Waals surface area (Å²) >= 11 is 0. The van der Waals surface area contributed by atoms with Crippen molar-refractivity contribution in [3.05, 3.63) is 90.3 Å². The van der Waals surface area contributed by atoms with Crippen LogP contribution in [0.4, 0.5) is 11.4 Å². The van der Waals surface area contributed by atoms with Crippen molar-refractivity contribution in [2.75, 3.05) is 11.1 Å². The Morgan fingerprint density at radius 1 is 1.03 bits per heavy atom. The van der Waals surface area contributed by atoms with Crippen LogP contribution in [-0.4, -0.2) is 26.5 Å². The number of nitrogen functional groups attached to an aromatic ring is 1. The summed E-state index contributed by atoms with van der Waals surface area (Å²) in [5.74, 6) is -1.16. The predicted molar refractivity (Wildman–Crippen MR) is 115 cm³/mol. The molecule has 1 unspecified atom stereocenters. The van der Waals surface area contributed by atoms with Gasteiger partial charge in [0.15, 0.2) is 0 Å². The molecular formula is C23H20N4O3. The summed E-state index contributed by atoms with van der Waals surface area (Å²) in [6, 6.07) is 21.2. The molecule has 7 heteroatoms. The Morgan fingerprint density at radius 3 is 2.57 bits per heavy atom. The zero-order chi connectivity index (χ0) is 21.1. The molecule has 150 valence electrons. The average Bonchev–Trinajstić information content (AvgIpc) is 3.15. The number of hydrogen-bond donors (Lipinski definition) is 3. The summed E-state index contributed by atoms with van der Waals surface area (Å²) in [6.07, 6.45) is 1.57. The van der Waals surface area contributed by atoms with E-state index in [4.69, 9.17) is 5.73 Å². The normalized spacial score (nSPS) is 11.9. The van der Waals surface area contributed by atoms with Gasteiger partial charge in [-0.25, -0.2) is 4.98 Å². The van der Waals surface area contributed by atoms with Gasteiger partial charge in [-0.15, -0.1) is 0 Å². The predicted octanol–water partition coefficient (Wildman–Crippen LogP) is 3.93. The van der Waals surface area contributed by atoms with Crippen molar-refractivity contribution in [2.24, 2.45) is 0 Å². The van der Waals surface area contributed by atoms with Gasteiger partial charge in [0.2, 0.25) is 0 Å². The number of carbonyl (C=O) groups is 2. The lowest BCUT2D eigenvalue weighted by Gasteiger charge is -2.18. The Morgan fingerprint density at radius 2 is 1.83 bits per heavy atom. The van der Waals surface area contributed by atoms with Crippen molar-refractivity contribution in [2.45, 2.75) is 12.5 Å². The number of nitrogens with two attached hydrogens (primary N) is 1. The molecule has 4 rings (SSSR count). The third-order valence-corrected chi connectivity index (χ3v) is 4.87. The van der Waals surface area contributed by atoms with Gasteiger partial charge in [0, 0.05) is 16.9 Å². The van der Waals surface area contributed by atoms with Crippen LogP contribution in [0.3, 0.4) is 0 Å². The number of rotatable bonds is 6. The molecule has 1 amide bonds. The van der Waals surface area contributed by atoms with E-state index in [2.05, 4.69) is 10.3 Å². The molecule has 1 atom stereocenters. The first-order chi connectivity index (χ1) is 14.5. The second kappa shape index (κ2) is 8.08. The minimum atomic E-state index is -0.892. The molecule has 4 aromatic rings. The molecule has 7 nitrogen and oxygen atoms in total. The summed E-state index contributed by atoms with van der Waals surface area (Å²) in [5.41, 5.74) is 9.65. The van der Waals surface area contributed by atoms with Crippen molar-refractivity contribution >= 4 is 34.3 Å². The minimum absolute atomic E-state index is 0.0661. The third-order valence-electron chi connectivity index (χ3n) is 4.87. The van der Waals surface area contributed by atoms with Crippen molar-refractivity contribution in [3.8, 4) is 0 Å². The molecular weight excluding hydrogens is 380 g/mol. The zero-order valence-electron chi connectivity index (χ0n) is 16.0. The molecule has 4 N–H and O–H groups in total. The zero-order valence-corrected chi connectivity index (χ0v) is 16.0. The van der Waals surface area contributed by atoms with Crippen LogP contribution < -0.4 is 11.1 Å². The van der Waals surface area contributed by atoms with E-state index < -0.39 is 5.97 Å². The molecule has 3 aromatic carbocycles. The fourth-order valence-corrected chi connectivity index (χ4v) is 3.46. The van der Waals surface area contributed by atoms with E-state index in [1.54, 1.807) is 42.7 Å². The largest absolute Gasteiger partial charge is 0.481 e. The van der Waals surface area contributed by atoms with E-state index in [-0.39, 0.29) is 18.4 Å². The lowest BCUT2D eigenvalue weighted by Crippen LogP contribution is -2.14. The SMILES string of the molecule is Nc1cccc(C(=O)Nc2ccc3c(c2)ncn3C(CC(=O)O)c2ccccc2)c1. The second-order valence-electron chi connectivity index (χ2n) is 6.96. The number of imidazole rings is 1. The highest BCUT2D eigenvalue weighted by molar-refractivity contribution is 6.05. The summed E-state index contributed by atoms with van der Waals surface area (Å²) in [6.45, 7) is 0. The molecule has 0 spiro atoms. The monoisotopic (exact) mass is 400 g/mol. The molecule has 0 aliphatic rings. The number of nitrogens with one attached hydrogen (secondary N) is 1. The highest BCUT2D eigenvalue weighted by atomic mass is 16.4. The molecule has 0 saturated carbocycles. The first-order valence-electron chi connectivity index (χ1n) is 9.41. The van der Waals surface area contributed by atoms with E-state index in [0.717, 1.165) is 11.1 Å². The number of benzene rings is 3. The van der Waals surface area contributed by atoms with Crippen LogP contribution in [0.2, 0.25) is 0 Å². The standard InChI is InChI=1S/C23H20N4O3/c24-17-8-4-7-16(11-17)23(30)26-18-9-10-20-19(12-18)25-14-27(20)21(13-22(28)29)15-5-2-1-3-6-15/h1-12,14,21H,13,24H2,(H,26,30)(H,28,29). The smallest absolute Gasteiger partial charge is 0.305 e. The maximum Gasteiger partial charge on any atom is 0.305 e. The van der Waals surface area contributed by atoms with Crippen LogP contribution >= 0.6 is 0 Å². The van der Waals surface area contributed by atoms with Crippen LogP contribution in [0.5, 0.6) is 0 Å². The lowest BCUT2D eigenvalue weighted by molar-refractivity contribution is -0.137. The Labute approximate surface area is 172 Å². The first kappa shape index (κ1) is 19.2. The fourth-order valence-electron chi connectivity index (χ4n) is 3.46. The van der Waals surface area contributed by atoms with Crippen LogP contribution in [0.15, 0.2) is 79.1 Å². The van der Waals surface area contributed by atoms with Crippen molar-refractivity contribution < 1.29 is 14.7 Å². The molecule has 0 aliphatic heterocycles. The summed E-state index contributed by atoms with van der Waals surface area (Å²) in [4.78, 5) is 28.3. The first-order valence-corrected chi connectivity index (χ1v) is 9.41. The highest BCUT2D eigenvalue weighted by Gasteiger charge is 2.20. The van der Waals surface area contributed by atoms with Gasteiger partial charge < -0.3 is 20.7 Å². The van der Waals surface area contributed by atoms with Crippen molar-refractivity contribution in [3.63, 3.8) is 0 Å². The van der Waals surface area contributed by atoms with Crippen LogP contribution in [-0.2, 0) is 4.79 Å².